The van der Waals surface area contributed by atoms with Crippen LogP contribution >= 0.6 is 11.8 Å². The van der Waals surface area contributed by atoms with Gasteiger partial charge in [-0.25, -0.2) is 4.79 Å². The molecule has 0 radical (unpaired) electrons. The van der Waals surface area contributed by atoms with E-state index in [1.165, 1.54) is 24.1 Å². The van der Waals surface area contributed by atoms with Gasteiger partial charge in [0.05, 0.1) is 17.6 Å². The fourth-order valence-electron chi connectivity index (χ4n) is 2.14. The van der Waals surface area contributed by atoms with Gasteiger partial charge in [0.15, 0.2) is 0 Å². The average molecular weight is 347 g/mol. The number of amides is 1. The zero-order chi connectivity index (χ0) is 17.5. The van der Waals surface area contributed by atoms with Crippen molar-refractivity contribution in [2.75, 3.05) is 6.54 Å². The van der Waals surface area contributed by atoms with Crippen LogP contribution in [0.1, 0.15) is 46.7 Å². The van der Waals surface area contributed by atoms with E-state index in [0.29, 0.717) is 29.5 Å². The van der Waals surface area contributed by atoms with Crippen LogP contribution in [0.2, 0.25) is 0 Å². The molecular formula is C18H21NO4S. The highest BCUT2D eigenvalue weighted by Gasteiger charge is 2.16. The second kappa shape index (κ2) is 8.59. The highest BCUT2D eigenvalue weighted by atomic mass is 32.2. The van der Waals surface area contributed by atoms with Crippen LogP contribution in [0.15, 0.2) is 45.9 Å². The summed E-state index contributed by atoms with van der Waals surface area (Å²) in [6.07, 6.45) is 2.29. The maximum absolute atomic E-state index is 12.3. The molecule has 0 atom stereocenters. The quantitative estimate of drug-likeness (QED) is 0.704. The fourth-order valence-corrected chi connectivity index (χ4v) is 3.14. The molecule has 0 saturated carbocycles. The summed E-state index contributed by atoms with van der Waals surface area (Å²) in [4.78, 5) is 24.2. The minimum absolute atomic E-state index is 0.114. The zero-order valence-electron chi connectivity index (χ0n) is 13.7. The molecular weight excluding hydrogens is 326 g/mol. The summed E-state index contributed by atoms with van der Waals surface area (Å²) in [5, 5.41) is 12.0. The van der Waals surface area contributed by atoms with E-state index in [4.69, 9.17) is 9.52 Å². The van der Waals surface area contributed by atoms with Crippen molar-refractivity contribution >= 4 is 23.6 Å². The maximum Gasteiger partial charge on any atom is 0.339 e. The molecule has 24 heavy (non-hydrogen) atoms. The topological polar surface area (TPSA) is 79.5 Å². The first kappa shape index (κ1) is 18.1. The van der Waals surface area contributed by atoms with E-state index >= 15 is 0 Å². The average Bonchev–Trinajstić information content (AvgIpc) is 3.01. The van der Waals surface area contributed by atoms with E-state index in [1.807, 2.05) is 18.2 Å². The Kier molecular flexibility index (Phi) is 6.49. The number of carboxylic acid groups (broad SMARTS) is 1. The summed E-state index contributed by atoms with van der Waals surface area (Å²) in [5.74, 6) is 0.145. The largest absolute Gasteiger partial charge is 0.478 e. The molecule has 0 aliphatic heterocycles. The summed E-state index contributed by atoms with van der Waals surface area (Å²) in [6.45, 7) is 4.86. The molecule has 128 valence electrons. The van der Waals surface area contributed by atoms with Gasteiger partial charge < -0.3 is 14.8 Å². The first-order chi connectivity index (χ1) is 11.5. The Morgan fingerprint density at radius 1 is 1.21 bits per heavy atom. The molecule has 6 heteroatoms. The number of nitrogens with one attached hydrogen (secondary N) is 1. The number of carbonyl (C=O) groups excluding carboxylic acids is 1. The second-order valence-corrected chi connectivity index (χ2v) is 6.80. The monoisotopic (exact) mass is 347 g/mol. The maximum atomic E-state index is 12.3. The normalized spacial score (nSPS) is 10.8. The Morgan fingerprint density at radius 2 is 1.96 bits per heavy atom. The van der Waals surface area contributed by atoms with Crippen LogP contribution in [0.25, 0.3) is 0 Å². The second-order valence-electron chi connectivity index (χ2n) is 5.79. The van der Waals surface area contributed by atoms with Crippen molar-refractivity contribution in [3.63, 3.8) is 0 Å². The number of benzene rings is 1. The minimum Gasteiger partial charge on any atom is -0.478 e. The van der Waals surface area contributed by atoms with E-state index < -0.39 is 5.97 Å². The van der Waals surface area contributed by atoms with Gasteiger partial charge in [-0.3, -0.25) is 4.79 Å². The molecule has 0 fully saturated rings. The lowest BCUT2D eigenvalue weighted by molar-refractivity contribution is 0.0694. The molecule has 0 bridgehead atoms. The number of furan rings is 1. The fraction of sp³-hybridized carbons (Fsp3) is 0.333. The molecule has 2 aromatic rings. The lowest BCUT2D eigenvalue weighted by Crippen LogP contribution is -2.25. The predicted octanol–water partition coefficient (Wildman–Crippen LogP) is 4.05. The van der Waals surface area contributed by atoms with Gasteiger partial charge in [-0.05, 0) is 30.5 Å². The van der Waals surface area contributed by atoms with E-state index in [0.717, 1.165) is 11.3 Å². The summed E-state index contributed by atoms with van der Waals surface area (Å²) < 4.78 is 5.24. The standard InChI is InChI=1S/C18H21NO4S/c1-12(2)7-9-19-17(20)14-5-3-4-6-16(14)24-11-15-13(18(21)22)8-10-23-15/h3-6,8,10,12H,7,9,11H2,1-2H3,(H,19,20)(H,21,22). The Bertz CT molecular complexity index is 709. The lowest BCUT2D eigenvalue weighted by Gasteiger charge is -2.10. The SMILES string of the molecule is CC(C)CCNC(=O)c1ccccc1SCc1occc1C(=O)O. The Labute approximate surface area is 145 Å². The first-order valence-corrected chi connectivity index (χ1v) is 8.77. The number of rotatable bonds is 8. The number of carbonyl (C=O) groups is 2. The van der Waals surface area contributed by atoms with Gasteiger partial charge in [0.1, 0.15) is 11.3 Å². The van der Waals surface area contributed by atoms with E-state index in [2.05, 4.69) is 19.2 Å². The molecule has 1 heterocycles. The molecule has 1 aromatic carbocycles. The smallest absolute Gasteiger partial charge is 0.339 e. The Hall–Kier alpha value is -2.21. The van der Waals surface area contributed by atoms with Crippen molar-refractivity contribution < 1.29 is 19.1 Å². The lowest BCUT2D eigenvalue weighted by atomic mass is 10.1. The molecule has 0 spiro atoms. The van der Waals surface area contributed by atoms with Gasteiger partial charge >= 0.3 is 5.97 Å². The van der Waals surface area contributed by atoms with Crippen molar-refractivity contribution in [3.8, 4) is 0 Å². The van der Waals surface area contributed by atoms with Crippen LogP contribution in [0.5, 0.6) is 0 Å². The number of hydrogen-bond acceptors (Lipinski definition) is 4. The van der Waals surface area contributed by atoms with Crippen LogP contribution in [0.3, 0.4) is 0 Å². The first-order valence-electron chi connectivity index (χ1n) is 7.78. The summed E-state index contributed by atoms with van der Waals surface area (Å²) in [7, 11) is 0. The minimum atomic E-state index is -1.01. The predicted molar refractivity (Wildman–Crippen MR) is 93.5 cm³/mol. The van der Waals surface area contributed by atoms with Crippen LogP contribution < -0.4 is 5.32 Å². The number of aromatic carboxylic acids is 1. The van der Waals surface area contributed by atoms with Crippen LogP contribution in [0, 0.1) is 5.92 Å². The molecule has 0 aliphatic carbocycles. The zero-order valence-corrected chi connectivity index (χ0v) is 14.6. The van der Waals surface area contributed by atoms with Gasteiger partial charge in [0, 0.05) is 11.4 Å². The summed E-state index contributed by atoms with van der Waals surface area (Å²) >= 11 is 1.39. The Morgan fingerprint density at radius 3 is 2.67 bits per heavy atom. The van der Waals surface area contributed by atoms with Crippen molar-refractivity contribution in [1.82, 2.24) is 5.32 Å². The highest BCUT2D eigenvalue weighted by Crippen LogP contribution is 2.28. The molecule has 2 N–H and O–H groups in total. The van der Waals surface area contributed by atoms with Crippen LogP contribution in [-0.2, 0) is 5.75 Å². The summed E-state index contributed by atoms with van der Waals surface area (Å²) in [6, 6.07) is 8.73. The van der Waals surface area contributed by atoms with Crippen molar-refractivity contribution in [2.24, 2.45) is 5.92 Å². The molecule has 2 rings (SSSR count). The van der Waals surface area contributed by atoms with E-state index in [-0.39, 0.29) is 11.5 Å². The molecule has 0 aliphatic rings. The van der Waals surface area contributed by atoms with Crippen molar-refractivity contribution in [2.45, 2.75) is 30.9 Å². The number of hydrogen-bond donors (Lipinski definition) is 2. The third-order valence-electron chi connectivity index (χ3n) is 3.47. The van der Waals surface area contributed by atoms with Crippen molar-refractivity contribution in [1.29, 1.82) is 0 Å². The van der Waals surface area contributed by atoms with Crippen LogP contribution in [-0.4, -0.2) is 23.5 Å². The Balaban J connectivity index is 2.04. The number of thioether (sulfide) groups is 1. The van der Waals surface area contributed by atoms with Crippen LogP contribution in [0.4, 0.5) is 0 Å². The van der Waals surface area contributed by atoms with Gasteiger partial charge in [-0.15, -0.1) is 11.8 Å². The van der Waals surface area contributed by atoms with Gasteiger partial charge in [0.25, 0.3) is 5.91 Å². The van der Waals surface area contributed by atoms with E-state index in [1.54, 1.807) is 6.07 Å². The van der Waals surface area contributed by atoms with Gasteiger partial charge in [-0.1, -0.05) is 26.0 Å². The third kappa shape index (κ3) is 4.89. The highest BCUT2D eigenvalue weighted by molar-refractivity contribution is 7.98. The van der Waals surface area contributed by atoms with Gasteiger partial charge in [-0.2, -0.15) is 0 Å². The van der Waals surface area contributed by atoms with Gasteiger partial charge in [0.2, 0.25) is 0 Å². The van der Waals surface area contributed by atoms with Crippen molar-refractivity contribution in [3.05, 3.63) is 53.5 Å². The molecule has 0 unspecified atom stereocenters. The number of carboxylic acids is 1. The molecule has 0 saturated heterocycles. The third-order valence-corrected chi connectivity index (χ3v) is 4.55. The molecule has 1 amide bonds. The van der Waals surface area contributed by atoms with E-state index in [9.17, 15) is 9.59 Å². The molecule has 1 aromatic heterocycles. The summed E-state index contributed by atoms with van der Waals surface area (Å²) in [5.41, 5.74) is 0.746. The molecule has 5 nitrogen and oxygen atoms in total.